The van der Waals surface area contributed by atoms with Gasteiger partial charge in [0.05, 0.1) is 12.8 Å². The molecule has 0 aliphatic rings. The van der Waals surface area contributed by atoms with Crippen molar-refractivity contribution >= 4 is 0 Å². The predicted molar refractivity (Wildman–Crippen MR) is 77.7 cm³/mol. The minimum atomic E-state index is -0.361. The smallest absolute Gasteiger partial charge is 0.136 e. The van der Waals surface area contributed by atoms with E-state index < -0.39 is 0 Å². The van der Waals surface area contributed by atoms with Crippen molar-refractivity contribution in [1.29, 1.82) is 0 Å². The van der Waals surface area contributed by atoms with E-state index in [4.69, 9.17) is 5.11 Å². The Balaban J connectivity index is 2.09. The molecule has 3 nitrogen and oxygen atoms in total. The van der Waals surface area contributed by atoms with Crippen molar-refractivity contribution in [1.82, 2.24) is 9.78 Å². The van der Waals surface area contributed by atoms with Crippen LogP contribution in [0.15, 0.2) is 30.6 Å². The summed E-state index contributed by atoms with van der Waals surface area (Å²) in [6.45, 7) is 2.76. The lowest BCUT2D eigenvalue weighted by molar-refractivity contribution is 0.276. The molecule has 0 saturated heterocycles. The molecule has 1 aromatic heterocycles. The molecule has 0 amide bonds. The molecule has 0 bridgehead atoms. The zero-order valence-electron chi connectivity index (χ0n) is 11.8. The fourth-order valence-electron chi connectivity index (χ4n) is 2.25. The molecule has 0 saturated carbocycles. The van der Waals surface area contributed by atoms with Crippen LogP contribution in [0.2, 0.25) is 0 Å². The average molecular weight is 276 g/mol. The summed E-state index contributed by atoms with van der Waals surface area (Å²) in [6, 6.07) is 5.06. The summed E-state index contributed by atoms with van der Waals surface area (Å²) in [5.41, 5.74) is 1.57. The maximum Gasteiger partial charge on any atom is 0.136 e. The van der Waals surface area contributed by atoms with E-state index >= 15 is 0 Å². The second-order valence-corrected chi connectivity index (χ2v) is 4.99. The summed E-state index contributed by atoms with van der Waals surface area (Å²) < 4.78 is 16.0. The highest BCUT2D eigenvalue weighted by Crippen LogP contribution is 2.24. The van der Waals surface area contributed by atoms with E-state index in [1.54, 1.807) is 24.4 Å². The van der Waals surface area contributed by atoms with Crippen molar-refractivity contribution in [3.05, 3.63) is 42.0 Å². The van der Waals surface area contributed by atoms with Crippen molar-refractivity contribution in [3.63, 3.8) is 0 Å². The summed E-state index contributed by atoms with van der Waals surface area (Å²) in [4.78, 5) is 0. The highest BCUT2D eigenvalue weighted by atomic mass is 19.1. The largest absolute Gasteiger partial charge is 0.392 e. The van der Waals surface area contributed by atoms with Crippen LogP contribution in [0.5, 0.6) is 0 Å². The van der Waals surface area contributed by atoms with Gasteiger partial charge in [0.1, 0.15) is 5.82 Å². The Labute approximate surface area is 119 Å². The molecule has 1 N–H and O–H groups in total. The highest BCUT2D eigenvalue weighted by Gasteiger charge is 2.10. The second-order valence-electron chi connectivity index (χ2n) is 4.99. The molecule has 0 aliphatic carbocycles. The Kier molecular flexibility index (Phi) is 5.30. The number of rotatable bonds is 7. The molecule has 4 heteroatoms. The first kappa shape index (κ1) is 14.7. The van der Waals surface area contributed by atoms with Gasteiger partial charge in [0, 0.05) is 29.4 Å². The summed E-state index contributed by atoms with van der Waals surface area (Å²) >= 11 is 0. The van der Waals surface area contributed by atoms with E-state index in [1.807, 2.05) is 10.9 Å². The van der Waals surface area contributed by atoms with Gasteiger partial charge in [-0.2, -0.15) is 5.10 Å². The minimum Gasteiger partial charge on any atom is -0.392 e. The lowest BCUT2D eigenvalue weighted by Crippen LogP contribution is -1.97. The number of unbranched alkanes of at least 4 members (excludes halogenated alkanes) is 3. The van der Waals surface area contributed by atoms with E-state index in [0.29, 0.717) is 11.1 Å². The van der Waals surface area contributed by atoms with E-state index in [9.17, 15) is 4.39 Å². The van der Waals surface area contributed by atoms with Gasteiger partial charge in [0.2, 0.25) is 0 Å². The van der Waals surface area contributed by atoms with Gasteiger partial charge < -0.3 is 5.11 Å². The third-order valence-corrected chi connectivity index (χ3v) is 3.43. The highest BCUT2D eigenvalue weighted by molar-refractivity contribution is 5.63. The minimum absolute atomic E-state index is 0.287. The van der Waals surface area contributed by atoms with Gasteiger partial charge in [-0.3, -0.25) is 4.68 Å². The molecular weight excluding hydrogens is 255 g/mol. The van der Waals surface area contributed by atoms with Crippen LogP contribution in [-0.2, 0) is 13.2 Å². The van der Waals surface area contributed by atoms with Crippen LogP contribution in [0, 0.1) is 5.82 Å². The maximum atomic E-state index is 14.1. The third-order valence-electron chi connectivity index (χ3n) is 3.43. The van der Waals surface area contributed by atoms with Gasteiger partial charge >= 0.3 is 0 Å². The molecule has 0 aliphatic heterocycles. The fourth-order valence-corrected chi connectivity index (χ4v) is 2.25. The zero-order chi connectivity index (χ0) is 14.4. The molecule has 0 unspecified atom stereocenters. The van der Waals surface area contributed by atoms with Crippen LogP contribution in [0.25, 0.3) is 11.1 Å². The summed E-state index contributed by atoms with van der Waals surface area (Å²) in [7, 11) is 0. The van der Waals surface area contributed by atoms with Crippen molar-refractivity contribution < 1.29 is 9.50 Å². The van der Waals surface area contributed by atoms with Gasteiger partial charge in [0.25, 0.3) is 0 Å². The van der Waals surface area contributed by atoms with Crippen molar-refractivity contribution in [2.75, 3.05) is 0 Å². The van der Waals surface area contributed by atoms with E-state index in [-0.39, 0.29) is 12.4 Å². The molecule has 20 heavy (non-hydrogen) atoms. The molecule has 1 aromatic carbocycles. The molecule has 0 fully saturated rings. The van der Waals surface area contributed by atoms with Crippen LogP contribution >= 0.6 is 0 Å². The van der Waals surface area contributed by atoms with Gasteiger partial charge in [-0.05, 0) is 6.42 Å². The van der Waals surface area contributed by atoms with E-state index in [0.717, 1.165) is 18.5 Å². The molecular formula is C16H21FN2O. The standard InChI is InChI=1S/C16H21FN2O/c1-2-3-4-5-9-19-11-14(10-18-19)15-8-6-7-13(12-20)16(15)17/h6-8,10-11,20H,2-5,9,12H2,1H3. The first-order valence-corrected chi connectivity index (χ1v) is 7.17. The first-order chi connectivity index (χ1) is 9.76. The Morgan fingerprint density at radius 1 is 1.25 bits per heavy atom. The molecule has 2 aromatic rings. The third kappa shape index (κ3) is 3.45. The summed E-state index contributed by atoms with van der Waals surface area (Å²) in [5.74, 6) is -0.361. The van der Waals surface area contributed by atoms with Crippen LogP contribution in [0.4, 0.5) is 4.39 Å². The topological polar surface area (TPSA) is 38.0 Å². The van der Waals surface area contributed by atoms with E-state index in [2.05, 4.69) is 12.0 Å². The Bertz CT molecular complexity index is 551. The number of halogens is 1. The number of aryl methyl sites for hydroxylation is 1. The number of aliphatic hydroxyl groups excluding tert-OH is 1. The SMILES string of the molecule is CCCCCCn1cc(-c2cccc(CO)c2F)cn1. The number of aromatic nitrogens is 2. The maximum absolute atomic E-state index is 14.1. The summed E-state index contributed by atoms with van der Waals surface area (Å²) in [5, 5.41) is 13.4. The van der Waals surface area contributed by atoms with E-state index in [1.165, 1.54) is 19.3 Å². The van der Waals surface area contributed by atoms with Crippen LogP contribution in [-0.4, -0.2) is 14.9 Å². The monoisotopic (exact) mass is 276 g/mol. The number of aliphatic hydroxyl groups is 1. The molecule has 108 valence electrons. The zero-order valence-corrected chi connectivity index (χ0v) is 11.8. The van der Waals surface area contributed by atoms with Gasteiger partial charge in [-0.25, -0.2) is 4.39 Å². The van der Waals surface area contributed by atoms with Gasteiger partial charge in [-0.1, -0.05) is 44.4 Å². The van der Waals surface area contributed by atoms with Crippen LogP contribution < -0.4 is 0 Å². The molecule has 1 heterocycles. The Morgan fingerprint density at radius 2 is 2.10 bits per heavy atom. The van der Waals surface area contributed by atoms with Crippen molar-refractivity contribution in [3.8, 4) is 11.1 Å². The molecule has 0 atom stereocenters. The lowest BCUT2D eigenvalue weighted by Gasteiger charge is -2.04. The second kappa shape index (κ2) is 7.20. The lowest BCUT2D eigenvalue weighted by atomic mass is 10.1. The summed E-state index contributed by atoms with van der Waals surface area (Å²) in [6.07, 6.45) is 8.28. The number of benzene rings is 1. The predicted octanol–water partition coefficient (Wildman–Crippen LogP) is 3.76. The van der Waals surface area contributed by atoms with Gasteiger partial charge in [0.15, 0.2) is 0 Å². The Morgan fingerprint density at radius 3 is 2.85 bits per heavy atom. The molecule has 0 spiro atoms. The average Bonchev–Trinajstić information content (AvgIpc) is 2.92. The molecule has 2 rings (SSSR count). The van der Waals surface area contributed by atoms with Crippen molar-refractivity contribution in [2.24, 2.45) is 0 Å². The van der Waals surface area contributed by atoms with Gasteiger partial charge in [-0.15, -0.1) is 0 Å². The molecule has 0 radical (unpaired) electrons. The first-order valence-electron chi connectivity index (χ1n) is 7.17. The quantitative estimate of drug-likeness (QED) is 0.782. The van der Waals surface area contributed by atoms with Crippen LogP contribution in [0.1, 0.15) is 38.2 Å². The van der Waals surface area contributed by atoms with Crippen LogP contribution in [0.3, 0.4) is 0 Å². The Hall–Kier alpha value is -1.68. The number of nitrogens with zero attached hydrogens (tertiary/aromatic N) is 2. The normalized spacial score (nSPS) is 10.9. The van der Waals surface area contributed by atoms with Crippen molar-refractivity contribution in [2.45, 2.75) is 45.8 Å². The number of hydrogen-bond donors (Lipinski definition) is 1. The number of hydrogen-bond acceptors (Lipinski definition) is 2. The fraction of sp³-hybridized carbons (Fsp3) is 0.438.